The molecule has 1 atom stereocenters. The summed E-state index contributed by atoms with van der Waals surface area (Å²) in [4.78, 5) is 4.32. The molecule has 1 aliphatic rings. The number of pyridine rings is 1. The molecule has 1 aromatic heterocycles. The Morgan fingerprint density at radius 3 is 3.00 bits per heavy atom. The maximum Gasteiger partial charge on any atom is 0.0404 e. The van der Waals surface area contributed by atoms with Crippen molar-refractivity contribution >= 4 is 0 Å². The first-order valence-electron chi connectivity index (χ1n) is 6.71. The maximum absolute atomic E-state index is 4.32. The summed E-state index contributed by atoms with van der Waals surface area (Å²) < 4.78 is 0. The first-order chi connectivity index (χ1) is 8.34. The quantitative estimate of drug-likeness (QED) is 0.672. The third-order valence-corrected chi connectivity index (χ3v) is 3.12. The maximum atomic E-state index is 4.32. The fraction of sp³-hybridized carbons (Fsp3) is 0.643. The minimum absolute atomic E-state index is 0.569. The van der Waals surface area contributed by atoms with E-state index in [1.54, 1.807) is 0 Å². The molecule has 3 heteroatoms. The molecular formula is C14H23N3. The molecule has 0 spiro atoms. The summed E-state index contributed by atoms with van der Waals surface area (Å²) in [6.07, 6.45) is 6.82. The first kappa shape index (κ1) is 12.5. The number of hydrogen-bond acceptors (Lipinski definition) is 3. The normalized spacial score (nSPS) is 17.0. The van der Waals surface area contributed by atoms with Crippen molar-refractivity contribution in [2.24, 2.45) is 0 Å². The Bertz CT molecular complexity index is 309. The molecule has 94 valence electrons. The highest BCUT2D eigenvalue weighted by atomic mass is 15.0. The van der Waals surface area contributed by atoms with Crippen LogP contribution in [0, 0.1) is 0 Å². The van der Waals surface area contributed by atoms with Gasteiger partial charge in [0.2, 0.25) is 0 Å². The third-order valence-electron chi connectivity index (χ3n) is 3.12. The predicted molar refractivity (Wildman–Crippen MR) is 71.0 cm³/mol. The van der Waals surface area contributed by atoms with Crippen LogP contribution in [-0.4, -0.2) is 30.2 Å². The van der Waals surface area contributed by atoms with Gasteiger partial charge in [0.1, 0.15) is 0 Å². The summed E-state index contributed by atoms with van der Waals surface area (Å²) in [6, 6.07) is 7.50. The lowest BCUT2D eigenvalue weighted by molar-refractivity contribution is 0.494. The summed E-state index contributed by atoms with van der Waals surface area (Å²) in [6.45, 7) is 4.41. The Kier molecular flexibility index (Phi) is 4.95. The molecule has 1 saturated carbocycles. The molecule has 17 heavy (non-hydrogen) atoms. The molecular weight excluding hydrogens is 210 g/mol. The molecule has 1 aromatic rings. The molecule has 0 amide bonds. The monoisotopic (exact) mass is 233 g/mol. The lowest BCUT2D eigenvalue weighted by Crippen LogP contribution is -2.37. The molecule has 0 aromatic carbocycles. The largest absolute Gasteiger partial charge is 0.313 e. The van der Waals surface area contributed by atoms with Crippen molar-refractivity contribution in [1.82, 2.24) is 15.6 Å². The van der Waals surface area contributed by atoms with Gasteiger partial charge in [0, 0.05) is 30.5 Å². The first-order valence-corrected chi connectivity index (χ1v) is 6.71. The molecule has 0 saturated heterocycles. The van der Waals surface area contributed by atoms with E-state index in [0.29, 0.717) is 6.04 Å². The van der Waals surface area contributed by atoms with E-state index < -0.39 is 0 Å². The van der Waals surface area contributed by atoms with E-state index in [4.69, 9.17) is 0 Å². The fourth-order valence-corrected chi connectivity index (χ4v) is 1.87. The van der Waals surface area contributed by atoms with Gasteiger partial charge in [-0.25, -0.2) is 0 Å². The number of nitrogens with zero attached hydrogens (tertiary/aromatic N) is 1. The second-order valence-electron chi connectivity index (χ2n) is 4.96. The van der Waals surface area contributed by atoms with Crippen LogP contribution in [0.2, 0.25) is 0 Å². The summed E-state index contributed by atoms with van der Waals surface area (Å²) in [5.74, 6) is 0. The van der Waals surface area contributed by atoms with E-state index >= 15 is 0 Å². The van der Waals surface area contributed by atoms with Gasteiger partial charge in [0.05, 0.1) is 0 Å². The molecule has 1 heterocycles. The van der Waals surface area contributed by atoms with Crippen LogP contribution in [-0.2, 0) is 6.42 Å². The molecule has 1 aliphatic carbocycles. The SMILES string of the molecule is CC(CNC1CC1)NCCCc1ccccn1. The zero-order chi connectivity index (χ0) is 11.9. The van der Waals surface area contributed by atoms with Crippen LogP contribution in [0.15, 0.2) is 24.4 Å². The van der Waals surface area contributed by atoms with Crippen LogP contribution in [0.5, 0.6) is 0 Å². The topological polar surface area (TPSA) is 37.0 Å². The van der Waals surface area contributed by atoms with Crippen molar-refractivity contribution in [1.29, 1.82) is 0 Å². The Balaban J connectivity index is 1.50. The van der Waals surface area contributed by atoms with E-state index in [2.05, 4.69) is 34.7 Å². The molecule has 0 radical (unpaired) electrons. The molecule has 2 rings (SSSR count). The minimum atomic E-state index is 0.569. The standard InChI is InChI=1S/C14H23N3/c1-12(11-17-14-7-8-14)15-10-4-6-13-5-2-3-9-16-13/h2-3,5,9,12,14-15,17H,4,6-8,10-11H2,1H3. The van der Waals surface area contributed by atoms with Crippen LogP contribution < -0.4 is 10.6 Å². The number of aromatic nitrogens is 1. The Morgan fingerprint density at radius 1 is 1.41 bits per heavy atom. The minimum Gasteiger partial charge on any atom is -0.313 e. The second-order valence-corrected chi connectivity index (χ2v) is 4.96. The van der Waals surface area contributed by atoms with Gasteiger partial charge >= 0.3 is 0 Å². The van der Waals surface area contributed by atoms with Crippen molar-refractivity contribution in [2.45, 2.75) is 44.7 Å². The van der Waals surface area contributed by atoms with Crippen molar-refractivity contribution in [2.75, 3.05) is 13.1 Å². The highest BCUT2D eigenvalue weighted by Crippen LogP contribution is 2.18. The number of hydrogen-bond donors (Lipinski definition) is 2. The van der Waals surface area contributed by atoms with Gasteiger partial charge in [0.25, 0.3) is 0 Å². The summed E-state index contributed by atoms with van der Waals surface area (Å²) in [7, 11) is 0. The van der Waals surface area contributed by atoms with Gasteiger partial charge in [-0.2, -0.15) is 0 Å². The molecule has 1 unspecified atom stereocenters. The van der Waals surface area contributed by atoms with E-state index in [0.717, 1.165) is 32.0 Å². The van der Waals surface area contributed by atoms with Crippen LogP contribution in [0.1, 0.15) is 31.9 Å². The van der Waals surface area contributed by atoms with Gasteiger partial charge < -0.3 is 10.6 Å². The van der Waals surface area contributed by atoms with Crippen molar-refractivity contribution in [3.05, 3.63) is 30.1 Å². The van der Waals surface area contributed by atoms with E-state index in [-0.39, 0.29) is 0 Å². The summed E-state index contributed by atoms with van der Waals surface area (Å²) >= 11 is 0. The van der Waals surface area contributed by atoms with Crippen LogP contribution in [0.25, 0.3) is 0 Å². The number of aryl methyl sites for hydroxylation is 1. The smallest absolute Gasteiger partial charge is 0.0404 e. The summed E-state index contributed by atoms with van der Waals surface area (Å²) in [5, 5.41) is 7.09. The molecule has 2 N–H and O–H groups in total. The fourth-order valence-electron chi connectivity index (χ4n) is 1.87. The Hall–Kier alpha value is -0.930. The third kappa shape index (κ3) is 5.29. The lowest BCUT2D eigenvalue weighted by atomic mass is 10.2. The average Bonchev–Trinajstić information content (AvgIpc) is 3.17. The van der Waals surface area contributed by atoms with Crippen LogP contribution in [0.4, 0.5) is 0 Å². The second kappa shape index (κ2) is 6.72. The number of nitrogens with one attached hydrogen (secondary N) is 2. The van der Waals surface area contributed by atoms with Crippen LogP contribution in [0.3, 0.4) is 0 Å². The van der Waals surface area contributed by atoms with Gasteiger partial charge in [-0.3, -0.25) is 4.98 Å². The zero-order valence-electron chi connectivity index (χ0n) is 10.7. The number of rotatable bonds is 8. The molecule has 1 fully saturated rings. The Labute approximate surface area is 104 Å². The average molecular weight is 233 g/mol. The van der Waals surface area contributed by atoms with Gasteiger partial charge in [-0.1, -0.05) is 6.07 Å². The van der Waals surface area contributed by atoms with Gasteiger partial charge in [0.15, 0.2) is 0 Å². The van der Waals surface area contributed by atoms with Crippen LogP contribution >= 0.6 is 0 Å². The predicted octanol–water partition coefficient (Wildman–Crippen LogP) is 1.74. The highest BCUT2D eigenvalue weighted by molar-refractivity contribution is 5.03. The summed E-state index contributed by atoms with van der Waals surface area (Å²) in [5.41, 5.74) is 1.19. The van der Waals surface area contributed by atoms with E-state index in [1.807, 2.05) is 12.3 Å². The van der Waals surface area contributed by atoms with Crippen molar-refractivity contribution in [3.63, 3.8) is 0 Å². The van der Waals surface area contributed by atoms with Crippen molar-refractivity contribution < 1.29 is 0 Å². The molecule has 0 bridgehead atoms. The highest BCUT2D eigenvalue weighted by Gasteiger charge is 2.20. The molecule has 3 nitrogen and oxygen atoms in total. The van der Waals surface area contributed by atoms with Crippen molar-refractivity contribution in [3.8, 4) is 0 Å². The van der Waals surface area contributed by atoms with E-state index in [1.165, 1.54) is 18.5 Å². The molecule has 0 aliphatic heterocycles. The van der Waals surface area contributed by atoms with E-state index in [9.17, 15) is 0 Å². The lowest BCUT2D eigenvalue weighted by Gasteiger charge is -2.14. The zero-order valence-corrected chi connectivity index (χ0v) is 10.7. The van der Waals surface area contributed by atoms with Gasteiger partial charge in [-0.15, -0.1) is 0 Å². The van der Waals surface area contributed by atoms with Gasteiger partial charge in [-0.05, 0) is 51.3 Å². The Morgan fingerprint density at radius 2 is 2.29 bits per heavy atom.